The Balaban J connectivity index is 1.46. The molecular formula is C40H32BNOSi. The van der Waals surface area contributed by atoms with Gasteiger partial charge in [0.1, 0.15) is 11.5 Å². The Morgan fingerprint density at radius 3 is 1.91 bits per heavy atom. The Kier molecular flexibility index (Phi) is 4.70. The van der Waals surface area contributed by atoms with E-state index >= 15 is 0 Å². The Morgan fingerprint density at radius 1 is 0.614 bits per heavy atom. The van der Waals surface area contributed by atoms with Gasteiger partial charge in [0, 0.05) is 17.1 Å². The highest BCUT2D eigenvalue weighted by atomic mass is 28.3. The lowest BCUT2D eigenvalue weighted by Gasteiger charge is -2.49. The number of ether oxygens (including phenoxy) is 1. The highest BCUT2D eigenvalue weighted by Gasteiger charge is 2.55. The molecule has 0 radical (unpaired) electrons. The molecule has 0 spiro atoms. The van der Waals surface area contributed by atoms with Crippen LogP contribution in [-0.4, -0.2) is 14.8 Å². The molecule has 2 nitrogen and oxygen atoms in total. The van der Waals surface area contributed by atoms with Gasteiger partial charge in [0.2, 0.25) is 0 Å². The lowest BCUT2D eigenvalue weighted by molar-refractivity contribution is 0.488. The average Bonchev–Trinajstić information content (AvgIpc) is 3.10. The van der Waals surface area contributed by atoms with Gasteiger partial charge in [0.05, 0.1) is 4.11 Å². The third-order valence-electron chi connectivity index (χ3n) is 9.76. The molecule has 0 bridgehead atoms. The fourth-order valence-corrected chi connectivity index (χ4v) is 13.2. The number of hydrogen-bond acceptors (Lipinski definition) is 2. The van der Waals surface area contributed by atoms with Gasteiger partial charge >= 0.3 is 0 Å². The summed E-state index contributed by atoms with van der Waals surface area (Å²) in [4.78, 5) is 2.16. The van der Waals surface area contributed by atoms with E-state index in [1.165, 1.54) is 31.8 Å². The summed E-state index contributed by atoms with van der Waals surface area (Å²) < 4.78 is 34.1. The minimum absolute atomic E-state index is 0.0110. The fraction of sp³-hybridized carbons (Fsp3) is 0.100. The Hall–Kier alpha value is -4.80. The topological polar surface area (TPSA) is 12.5 Å². The molecule has 0 amide bonds. The quantitative estimate of drug-likeness (QED) is 0.269. The molecule has 0 aliphatic carbocycles. The molecule has 3 aliphatic heterocycles. The van der Waals surface area contributed by atoms with Crippen LogP contribution in [0.3, 0.4) is 0 Å². The second kappa shape index (κ2) is 9.11. The summed E-state index contributed by atoms with van der Waals surface area (Å²) in [6.07, 6.45) is 0. The summed E-state index contributed by atoms with van der Waals surface area (Å²) in [6, 6.07) is 43.4. The lowest BCUT2D eigenvalue weighted by Crippen LogP contribution is -2.87. The Labute approximate surface area is 264 Å². The van der Waals surface area contributed by atoms with Crippen LogP contribution in [0.5, 0.6) is 11.5 Å². The number of hydrogen-bond donors (Lipinski definition) is 0. The van der Waals surface area contributed by atoms with Crippen LogP contribution in [0.25, 0.3) is 0 Å². The molecule has 6 aromatic rings. The van der Waals surface area contributed by atoms with E-state index < -0.39 is 8.07 Å². The van der Waals surface area contributed by atoms with Crippen molar-refractivity contribution in [3.63, 3.8) is 0 Å². The second-order valence-electron chi connectivity index (χ2n) is 13.1. The first kappa shape index (κ1) is 22.7. The molecule has 44 heavy (non-hydrogen) atoms. The molecule has 3 heterocycles. The lowest BCUT2D eigenvalue weighted by atomic mass is 9.34. The van der Waals surface area contributed by atoms with E-state index in [1.807, 2.05) is 6.07 Å². The average molecular weight is 585 g/mol. The standard InChI is InChI=1S/C40H32BNOSi/c1-40(2,3)27-23-25-28(26-24-27)42-31-17-10-19-33-37(31)41-38-32(42)18-11-21-35(38)44(29-13-6-4-7-14-29,30-15-8-5-9-16-30)36-22-12-20-34(43-33)39(36)41/h4-26H,1-3H3/i10D,17D,19D. The van der Waals surface area contributed by atoms with Gasteiger partial charge in [0.25, 0.3) is 6.71 Å². The van der Waals surface area contributed by atoms with Crippen LogP contribution >= 0.6 is 0 Å². The van der Waals surface area contributed by atoms with Crippen molar-refractivity contribution in [2.45, 2.75) is 26.2 Å². The number of nitrogens with zero attached hydrogens (tertiary/aromatic N) is 1. The summed E-state index contributed by atoms with van der Waals surface area (Å²) in [7, 11) is -2.90. The van der Waals surface area contributed by atoms with Crippen molar-refractivity contribution < 1.29 is 8.85 Å². The van der Waals surface area contributed by atoms with Gasteiger partial charge in [-0.25, -0.2) is 0 Å². The highest BCUT2D eigenvalue weighted by Crippen LogP contribution is 2.41. The van der Waals surface area contributed by atoms with E-state index in [0.29, 0.717) is 11.4 Å². The monoisotopic (exact) mass is 584 g/mol. The van der Waals surface area contributed by atoms with Gasteiger partial charge in [-0.1, -0.05) is 124 Å². The molecule has 0 N–H and O–H groups in total. The molecule has 0 aromatic heterocycles. The zero-order valence-corrected chi connectivity index (χ0v) is 26.0. The van der Waals surface area contributed by atoms with Crippen LogP contribution in [-0.2, 0) is 5.41 Å². The van der Waals surface area contributed by atoms with Gasteiger partial charge in [0.15, 0.2) is 8.07 Å². The maximum Gasteiger partial charge on any atom is 0.256 e. The van der Waals surface area contributed by atoms with E-state index in [0.717, 1.165) is 28.0 Å². The maximum atomic E-state index is 9.37. The molecule has 4 heteroatoms. The van der Waals surface area contributed by atoms with E-state index in [-0.39, 0.29) is 30.3 Å². The molecular weight excluding hydrogens is 549 g/mol. The van der Waals surface area contributed by atoms with Crippen LogP contribution in [0.15, 0.2) is 139 Å². The minimum atomic E-state index is -2.90. The van der Waals surface area contributed by atoms with Crippen molar-refractivity contribution in [2.24, 2.45) is 0 Å². The van der Waals surface area contributed by atoms with Crippen LogP contribution in [0.1, 0.15) is 30.4 Å². The van der Waals surface area contributed by atoms with Gasteiger partial charge < -0.3 is 9.64 Å². The first-order chi connectivity index (χ1) is 22.7. The number of rotatable bonds is 3. The van der Waals surface area contributed by atoms with Crippen LogP contribution in [0.2, 0.25) is 0 Å². The largest absolute Gasteiger partial charge is 0.458 e. The van der Waals surface area contributed by atoms with Gasteiger partial charge in [-0.15, -0.1) is 0 Å². The van der Waals surface area contributed by atoms with E-state index in [4.69, 9.17) is 7.48 Å². The number of benzene rings is 6. The molecule has 9 rings (SSSR count). The Morgan fingerprint density at radius 2 is 1.25 bits per heavy atom. The predicted octanol–water partition coefficient (Wildman–Crippen LogP) is 5.08. The summed E-state index contributed by atoms with van der Waals surface area (Å²) in [5.74, 6) is 1.13. The van der Waals surface area contributed by atoms with Crippen molar-refractivity contribution in [1.29, 1.82) is 0 Å². The van der Waals surface area contributed by atoms with Crippen LogP contribution in [0, 0.1) is 0 Å². The van der Waals surface area contributed by atoms with Crippen molar-refractivity contribution >= 4 is 69.0 Å². The van der Waals surface area contributed by atoms with E-state index in [9.17, 15) is 1.37 Å². The first-order valence-corrected chi connectivity index (χ1v) is 17.3. The predicted molar refractivity (Wildman–Crippen MR) is 188 cm³/mol. The highest BCUT2D eigenvalue weighted by molar-refractivity contribution is 7.27. The minimum Gasteiger partial charge on any atom is -0.458 e. The van der Waals surface area contributed by atoms with E-state index in [2.05, 4.69) is 141 Å². The number of anilines is 3. The van der Waals surface area contributed by atoms with Gasteiger partial charge in [-0.2, -0.15) is 0 Å². The normalized spacial score (nSPS) is 15.9. The summed E-state index contributed by atoms with van der Waals surface area (Å²) in [5, 5.41) is 5.18. The molecule has 3 aliphatic rings. The molecule has 0 saturated heterocycles. The van der Waals surface area contributed by atoms with Crippen LogP contribution < -0.4 is 46.8 Å². The zero-order chi connectivity index (χ0) is 32.2. The van der Waals surface area contributed by atoms with Crippen molar-refractivity contribution in [3.05, 3.63) is 145 Å². The second-order valence-corrected chi connectivity index (χ2v) is 16.8. The SMILES string of the molecule is [2H]c1c([2H])c2c3c(c1[2H])N(c1ccc(C(C)(C)C)cc1)c1cccc4c1B3c1c(cccc1[Si]4(c1ccccc1)c1ccccc1)O2. The maximum absolute atomic E-state index is 9.37. The molecule has 0 unspecified atom stereocenters. The van der Waals surface area contributed by atoms with Gasteiger partial charge in [-0.3, -0.25) is 0 Å². The molecule has 0 saturated carbocycles. The van der Waals surface area contributed by atoms with Crippen molar-refractivity contribution in [2.75, 3.05) is 4.90 Å². The van der Waals surface area contributed by atoms with Crippen molar-refractivity contribution in [1.82, 2.24) is 0 Å². The fourth-order valence-electron chi connectivity index (χ4n) is 7.90. The third-order valence-corrected chi connectivity index (χ3v) is 14.6. The summed E-state index contributed by atoms with van der Waals surface area (Å²) >= 11 is 0. The molecule has 0 fully saturated rings. The summed E-state index contributed by atoms with van der Waals surface area (Å²) in [5.41, 5.74) is 6.94. The van der Waals surface area contributed by atoms with Gasteiger partial charge in [-0.05, 0) is 84.5 Å². The molecule has 0 atom stereocenters. The molecule has 6 aromatic carbocycles. The smallest absolute Gasteiger partial charge is 0.256 e. The van der Waals surface area contributed by atoms with Crippen LogP contribution in [0.4, 0.5) is 17.1 Å². The summed E-state index contributed by atoms with van der Waals surface area (Å²) in [6.45, 7) is 6.41. The Bertz CT molecular complexity index is 2210. The van der Waals surface area contributed by atoms with E-state index in [1.54, 1.807) is 0 Å². The van der Waals surface area contributed by atoms with Crippen molar-refractivity contribution in [3.8, 4) is 11.5 Å². The third kappa shape index (κ3) is 3.32. The first-order valence-electron chi connectivity index (χ1n) is 16.8. The molecule has 210 valence electrons. The zero-order valence-electron chi connectivity index (χ0n) is 28.0.